The number of hydrogen-bond donors (Lipinski definition) is 1. The number of thioether (sulfide) groups is 2. The van der Waals surface area contributed by atoms with E-state index >= 15 is 0 Å². The van der Waals surface area contributed by atoms with Gasteiger partial charge in [0.15, 0.2) is 5.16 Å². The molecule has 0 atom stereocenters. The summed E-state index contributed by atoms with van der Waals surface area (Å²) in [6, 6.07) is 14.2. The van der Waals surface area contributed by atoms with Crippen LogP contribution in [0.1, 0.15) is 12.6 Å². The van der Waals surface area contributed by atoms with E-state index in [1.165, 1.54) is 23.5 Å². The summed E-state index contributed by atoms with van der Waals surface area (Å²) in [7, 11) is 0. The fourth-order valence-electron chi connectivity index (χ4n) is 3.14. The van der Waals surface area contributed by atoms with Gasteiger partial charge in [0.1, 0.15) is 5.75 Å². The molecule has 3 aromatic rings. The lowest BCUT2D eigenvalue weighted by molar-refractivity contribution is -0.113. The topological polar surface area (TPSA) is 73.2 Å². The molecule has 0 saturated carbocycles. The summed E-state index contributed by atoms with van der Waals surface area (Å²) >= 11 is 8.66. The molecule has 0 bridgehead atoms. The molecule has 1 aromatic heterocycles. The molecule has 0 fully saturated rings. The van der Waals surface area contributed by atoms with E-state index in [1.807, 2.05) is 31.2 Å². The molecule has 160 valence electrons. The third-order valence-corrected chi connectivity index (χ3v) is 6.83. The second-order valence-corrected chi connectivity index (χ2v) is 9.16. The van der Waals surface area contributed by atoms with Crippen molar-refractivity contribution in [1.82, 2.24) is 9.55 Å². The molecule has 0 unspecified atom stereocenters. The minimum Gasteiger partial charge on any atom is -0.494 e. The van der Waals surface area contributed by atoms with Crippen molar-refractivity contribution in [2.75, 3.05) is 23.4 Å². The molecule has 2 aromatic carbocycles. The van der Waals surface area contributed by atoms with Crippen LogP contribution in [-0.2, 0) is 11.2 Å². The van der Waals surface area contributed by atoms with Crippen LogP contribution in [0.3, 0.4) is 0 Å². The minimum atomic E-state index is -0.185. The van der Waals surface area contributed by atoms with Gasteiger partial charge in [0.25, 0.3) is 5.56 Å². The number of fused-ring (bicyclic) bond motifs is 1. The highest BCUT2D eigenvalue weighted by atomic mass is 35.5. The van der Waals surface area contributed by atoms with Crippen LogP contribution in [0.4, 0.5) is 5.69 Å². The summed E-state index contributed by atoms with van der Waals surface area (Å²) < 4.78 is 7.08. The Morgan fingerprint density at radius 3 is 2.68 bits per heavy atom. The summed E-state index contributed by atoms with van der Waals surface area (Å²) in [5.74, 6) is 1.51. The van der Waals surface area contributed by atoms with Gasteiger partial charge in [0.05, 0.1) is 28.6 Å². The van der Waals surface area contributed by atoms with Crippen molar-refractivity contribution in [3.8, 4) is 11.4 Å². The van der Waals surface area contributed by atoms with Crippen LogP contribution >= 0.6 is 35.1 Å². The highest BCUT2D eigenvalue weighted by Crippen LogP contribution is 2.30. The predicted octanol–water partition coefficient (Wildman–Crippen LogP) is 4.66. The van der Waals surface area contributed by atoms with Crippen molar-refractivity contribution in [2.45, 2.75) is 23.4 Å². The zero-order valence-corrected chi connectivity index (χ0v) is 19.1. The van der Waals surface area contributed by atoms with E-state index < -0.39 is 0 Å². The number of rotatable bonds is 7. The predicted molar refractivity (Wildman–Crippen MR) is 126 cm³/mol. The number of nitrogens with zero attached hydrogens (tertiary/aromatic N) is 2. The number of anilines is 1. The van der Waals surface area contributed by atoms with Gasteiger partial charge in [-0.1, -0.05) is 23.4 Å². The van der Waals surface area contributed by atoms with Gasteiger partial charge in [-0.05, 0) is 55.5 Å². The standard InChI is InChI=1S/C22H20ClN3O3S2/c1-2-29-17-9-7-16(8-10-17)26-21(28)20-18(11-12-30-20)25-22(26)31-13-19(27)24-15-5-3-14(23)4-6-15/h3-10H,2,11-13H2,1H3,(H,24,27). The quantitative estimate of drug-likeness (QED) is 0.397. The summed E-state index contributed by atoms with van der Waals surface area (Å²) in [5, 5.41) is 3.94. The zero-order chi connectivity index (χ0) is 21.8. The molecule has 0 radical (unpaired) electrons. The first-order chi connectivity index (χ1) is 15.0. The first-order valence-electron chi connectivity index (χ1n) is 9.75. The maximum atomic E-state index is 13.2. The van der Waals surface area contributed by atoms with Crippen molar-refractivity contribution < 1.29 is 9.53 Å². The summed E-state index contributed by atoms with van der Waals surface area (Å²) in [6.07, 6.45) is 0.754. The van der Waals surface area contributed by atoms with Crippen LogP contribution in [-0.4, -0.2) is 33.6 Å². The molecular weight excluding hydrogens is 454 g/mol. The average Bonchev–Trinajstić information content (AvgIpc) is 3.24. The van der Waals surface area contributed by atoms with Gasteiger partial charge in [-0.15, -0.1) is 11.8 Å². The number of aromatic nitrogens is 2. The molecule has 1 N–H and O–H groups in total. The lowest BCUT2D eigenvalue weighted by Crippen LogP contribution is -2.24. The van der Waals surface area contributed by atoms with Crippen LogP contribution in [0.15, 0.2) is 63.4 Å². The van der Waals surface area contributed by atoms with Gasteiger partial charge in [-0.2, -0.15) is 0 Å². The van der Waals surface area contributed by atoms with Gasteiger partial charge < -0.3 is 10.1 Å². The lowest BCUT2D eigenvalue weighted by Gasteiger charge is -2.14. The maximum absolute atomic E-state index is 13.2. The molecule has 1 amide bonds. The minimum absolute atomic E-state index is 0.0998. The summed E-state index contributed by atoms with van der Waals surface area (Å²) in [5.41, 5.74) is 2.06. The monoisotopic (exact) mass is 473 g/mol. The number of carbonyl (C=O) groups excluding carboxylic acids is 1. The summed E-state index contributed by atoms with van der Waals surface area (Å²) in [6.45, 7) is 2.49. The van der Waals surface area contributed by atoms with Gasteiger partial charge in [-0.3, -0.25) is 14.2 Å². The highest BCUT2D eigenvalue weighted by Gasteiger charge is 2.23. The number of nitrogens with one attached hydrogen (secondary N) is 1. The molecule has 0 saturated heterocycles. The van der Waals surface area contributed by atoms with Crippen molar-refractivity contribution in [3.63, 3.8) is 0 Å². The fourth-order valence-corrected chi connectivity index (χ4v) is 5.11. The Hall–Kier alpha value is -2.42. The van der Waals surface area contributed by atoms with E-state index in [-0.39, 0.29) is 17.2 Å². The first kappa shape index (κ1) is 21.8. The van der Waals surface area contributed by atoms with Crippen molar-refractivity contribution in [3.05, 3.63) is 69.6 Å². The lowest BCUT2D eigenvalue weighted by atomic mass is 10.3. The van der Waals surface area contributed by atoms with Gasteiger partial charge in [0, 0.05) is 22.9 Å². The van der Waals surface area contributed by atoms with E-state index in [0.717, 1.165) is 23.6 Å². The molecule has 4 rings (SSSR count). The largest absolute Gasteiger partial charge is 0.494 e. The molecule has 6 nitrogen and oxygen atoms in total. The van der Waals surface area contributed by atoms with Gasteiger partial charge >= 0.3 is 0 Å². The zero-order valence-electron chi connectivity index (χ0n) is 16.8. The Morgan fingerprint density at radius 2 is 1.97 bits per heavy atom. The first-order valence-corrected chi connectivity index (χ1v) is 12.1. The molecule has 0 aliphatic carbocycles. The molecule has 31 heavy (non-hydrogen) atoms. The van der Waals surface area contributed by atoms with E-state index in [0.29, 0.717) is 33.1 Å². The van der Waals surface area contributed by atoms with E-state index in [2.05, 4.69) is 5.32 Å². The van der Waals surface area contributed by atoms with E-state index in [9.17, 15) is 9.59 Å². The van der Waals surface area contributed by atoms with Crippen LogP contribution in [0.25, 0.3) is 5.69 Å². The normalized spacial score (nSPS) is 12.5. The van der Waals surface area contributed by atoms with Crippen LogP contribution in [0.5, 0.6) is 5.75 Å². The molecule has 1 aliphatic heterocycles. The number of amides is 1. The third kappa shape index (κ3) is 5.08. The smallest absolute Gasteiger partial charge is 0.272 e. The number of benzene rings is 2. The molecular formula is C22H20ClN3O3S2. The highest BCUT2D eigenvalue weighted by molar-refractivity contribution is 8.00. The van der Waals surface area contributed by atoms with E-state index in [4.69, 9.17) is 21.3 Å². The Balaban J connectivity index is 1.59. The maximum Gasteiger partial charge on any atom is 0.272 e. The SMILES string of the molecule is CCOc1ccc(-n2c(SCC(=O)Nc3ccc(Cl)cc3)nc3c(c2=O)SCC3)cc1. The second-order valence-electron chi connectivity index (χ2n) is 6.68. The second kappa shape index (κ2) is 9.80. The van der Waals surface area contributed by atoms with Gasteiger partial charge in [0.2, 0.25) is 5.91 Å². The van der Waals surface area contributed by atoms with Crippen LogP contribution < -0.4 is 15.6 Å². The van der Waals surface area contributed by atoms with Crippen LogP contribution in [0.2, 0.25) is 5.02 Å². The number of ether oxygens (including phenoxy) is 1. The molecule has 1 aliphatic rings. The number of aryl methyl sites for hydroxylation is 1. The van der Waals surface area contributed by atoms with Crippen LogP contribution in [0, 0.1) is 0 Å². The number of carbonyl (C=O) groups is 1. The number of hydrogen-bond acceptors (Lipinski definition) is 6. The number of halogens is 1. The van der Waals surface area contributed by atoms with E-state index in [1.54, 1.807) is 28.8 Å². The van der Waals surface area contributed by atoms with Crippen molar-refractivity contribution in [2.24, 2.45) is 0 Å². The molecule has 9 heteroatoms. The Morgan fingerprint density at radius 1 is 1.23 bits per heavy atom. The van der Waals surface area contributed by atoms with Crippen molar-refractivity contribution >= 4 is 46.7 Å². The molecule has 2 heterocycles. The van der Waals surface area contributed by atoms with Gasteiger partial charge in [-0.25, -0.2) is 4.98 Å². The Bertz CT molecular complexity index is 1150. The third-order valence-electron chi connectivity index (χ3n) is 4.53. The average molecular weight is 474 g/mol. The summed E-state index contributed by atoms with van der Waals surface area (Å²) in [4.78, 5) is 31.1. The Labute approximate surface area is 193 Å². The Kier molecular flexibility index (Phi) is 6.89. The van der Waals surface area contributed by atoms with Crippen molar-refractivity contribution in [1.29, 1.82) is 0 Å². The fraction of sp³-hybridized carbons (Fsp3) is 0.227. The molecule has 0 spiro atoms.